The van der Waals surface area contributed by atoms with Gasteiger partial charge in [-0.1, -0.05) is 19.3 Å². The fourth-order valence-electron chi connectivity index (χ4n) is 2.80. The van der Waals surface area contributed by atoms with Crippen LogP contribution in [0.2, 0.25) is 0 Å². The van der Waals surface area contributed by atoms with E-state index in [1.165, 1.54) is 6.42 Å². The maximum absolute atomic E-state index is 12.4. The summed E-state index contributed by atoms with van der Waals surface area (Å²) < 4.78 is 5.47. The normalized spacial score (nSPS) is 22.6. The third-order valence-electron chi connectivity index (χ3n) is 3.74. The largest absolute Gasteiger partial charge is 0.460 e. The molecule has 0 aromatic carbocycles. The first-order chi connectivity index (χ1) is 8.72. The molecular formula is C15H29NO3. The van der Waals surface area contributed by atoms with Crippen LogP contribution >= 0.6 is 0 Å². The molecular weight excluding hydrogens is 242 g/mol. The zero-order valence-corrected chi connectivity index (χ0v) is 12.7. The van der Waals surface area contributed by atoms with Gasteiger partial charge in [0.15, 0.2) is 0 Å². The molecule has 0 aliphatic heterocycles. The van der Waals surface area contributed by atoms with E-state index in [-0.39, 0.29) is 11.9 Å². The van der Waals surface area contributed by atoms with Crippen molar-refractivity contribution in [3.63, 3.8) is 0 Å². The highest BCUT2D eigenvalue weighted by atomic mass is 16.6. The smallest absolute Gasteiger partial charge is 0.312 e. The first-order valence-corrected chi connectivity index (χ1v) is 7.39. The average molecular weight is 271 g/mol. The van der Waals surface area contributed by atoms with Crippen LogP contribution in [0.5, 0.6) is 0 Å². The van der Waals surface area contributed by atoms with Crippen LogP contribution in [0.3, 0.4) is 0 Å². The number of hydrogen-bond acceptors (Lipinski definition) is 4. The third-order valence-corrected chi connectivity index (χ3v) is 3.74. The summed E-state index contributed by atoms with van der Waals surface area (Å²) in [6.45, 7) is 7.29. The summed E-state index contributed by atoms with van der Waals surface area (Å²) >= 11 is 0. The van der Waals surface area contributed by atoms with Gasteiger partial charge in [0.25, 0.3) is 0 Å². The van der Waals surface area contributed by atoms with E-state index >= 15 is 0 Å². The van der Waals surface area contributed by atoms with Crippen LogP contribution < -0.4 is 5.73 Å². The lowest BCUT2D eigenvalue weighted by Gasteiger charge is -2.35. The van der Waals surface area contributed by atoms with Gasteiger partial charge in [0, 0.05) is 6.04 Å². The van der Waals surface area contributed by atoms with E-state index in [0.717, 1.165) is 25.7 Å². The topological polar surface area (TPSA) is 72.5 Å². The number of carbonyl (C=O) groups excluding carboxylic acids is 1. The second-order valence-electron chi connectivity index (χ2n) is 6.81. The Morgan fingerprint density at radius 2 is 1.79 bits per heavy atom. The summed E-state index contributed by atoms with van der Waals surface area (Å²) in [7, 11) is 0. The van der Waals surface area contributed by atoms with Crippen LogP contribution in [0.15, 0.2) is 0 Å². The summed E-state index contributed by atoms with van der Waals surface area (Å²) in [6.07, 6.45) is 4.59. The van der Waals surface area contributed by atoms with Crippen molar-refractivity contribution in [3.8, 4) is 0 Å². The summed E-state index contributed by atoms with van der Waals surface area (Å²) in [5.74, 6) is -0.590. The van der Waals surface area contributed by atoms with Gasteiger partial charge in [-0.25, -0.2) is 0 Å². The molecule has 0 unspecified atom stereocenters. The molecule has 1 aliphatic carbocycles. The van der Waals surface area contributed by atoms with Gasteiger partial charge in [-0.05, 0) is 46.5 Å². The summed E-state index contributed by atoms with van der Waals surface area (Å²) in [6, 6.07) is -0.417. The Morgan fingerprint density at radius 1 is 1.26 bits per heavy atom. The lowest BCUT2D eigenvalue weighted by atomic mass is 9.76. The number of esters is 1. The number of hydrogen-bond donors (Lipinski definition) is 2. The molecule has 1 rings (SSSR count). The number of rotatable bonds is 4. The molecule has 4 heteroatoms. The minimum atomic E-state index is -0.821. The molecule has 0 aromatic rings. The van der Waals surface area contributed by atoms with Gasteiger partial charge in [0.1, 0.15) is 5.60 Å². The third kappa shape index (κ3) is 5.11. The molecule has 0 radical (unpaired) electrons. The highest BCUT2D eigenvalue weighted by Gasteiger charge is 2.39. The van der Waals surface area contributed by atoms with Gasteiger partial charge in [-0.3, -0.25) is 4.79 Å². The van der Waals surface area contributed by atoms with Crippen molar-refractivity contribution in [1.82, 2.24) is 0 Å². The SMILES string of the molecule is C[C@@H](N)[C@H](O)[C@@H](C(=O)OC(C)(C)C)C1CCCCC1. The molecule has 3 N–H and O–H groups in total. The second kappa shape index (κ2) is 6.71. The fourth-order valence-corrected chi connectivity index (χ4v) is 2.80. The Balaban J connectivity index is 2.81. The molecule has 0 aromatic heterocycles. The van der Waals surface area contributed by atoms with E-state index < -0.39 is 23.7 Å². The maximum Gasteiger partial charge on any atom is 0.312 e. The molecule has 112 valence electrons. The van der Waals surface area contributed by atoms with Crippen molar-refractivity contribution in [2.75, 3.05) is 0 Å². The first-order valence-electron chi connectivity index (χ1n) is 7.39. The van der Waals surface area contributed by atoms with Gasteiger partial charge in [0.05, 0.1) is 12.0 Å². The van der Waals surface area contributed by atoms with Crippen LogP contribution in [0.1, 0.15) is 59.8 Å². The zero-order valence-electron chi connectivity index (χ0n) is 12.7. The van der Waals surface area contributed by atoms with Gasteiger partial charge in [-0.15, -0.1) is 0 Å². The van der Waals surface area contributed by atoms with E-state index in [0.29, 0.717) is 0 Å². The fraction of sp³-hybridized carbons (Fsp3) is 0.933. The number of carbonyl (C=O) groups is 1. The van der Waals surface area contributed by atoms with Gasteiger partial charge < -0.3 is 15.6 Å². The molecule has 0 amide bonds. The Hall–Kier alpha value is -0.610. The predicted octanol–water partition coefficient (Wildman–Crippen LogP) is 2.23. The minimum Gasteiger partial charge on any atom is -0.460 e. The minimum absolute atomic E-state index is 0.199. The first kappa shape index (κ1) is 16.4. The van der Waals surface area contributed by atoms with E-state index in [2.05, 4.69) is 0 Å². The quantitative estimate of drug-likeness (QED) is 0.769. The Bertz CT molecular complexity index is 290. The van der Waals surface area contributed by atoms with Crippen LogP contribution in [0.4, 0.5) is 0 Å². The van der Waals surface area contributed by atoms with Crippen LogP contribution in [-0.4, -0.2) is 28.8 Å². The van der Waals surface area contributed by atoms with Crippen molar-refractivity contribution >= 4 is 5.97 Å². The highest BCUT2D eigenvalue weighted by molar-refractivity contribution is 5.74. The van der Waals surface area contributed by atoms with E-state index in [4.69, 9.17) is 10.5 Å². The van der Waals surface area contributed by atoms with E-state index in [1.807, 2.05) is 20.8 Å². The molecule has 0 heterocycles. The summed E-state index contributed by atoms with van der Waals surface area (Å²) in [4.78, 5) is 12.4. The molecule has 1 aliphatic rings. The van der Waals surface area contributed by atoms with Crippen molar-refractivity contribution < 1.29 is 14.6 Å². The standard InChI is InChI=1S/C15H29NO3/c1-10(16)13(17)12(11-8-6-5-7-9-11)14(18)19-15(2,3)4/h10-13,17H,5-9,16H2,1-4H3/t10-,12+,13+/m1/s1. The van der Waals surface area contributed by atoms with Gasteiger partial charge in [-0.2, -0.15) is 0 Å². The lowest BCUT2D eigenvalue weighted by molar-refractivity contribution is -0.168. The van der Waals surface area contributed by atoms with Crippen molar-refractivity contribution in [2.45, 2.75) is 77.5 Å². The lowest BCUT2D eigenvalue weighted by Crippen LogP contribution is -2.47. The van der Waals surface area contributed by atoms with Crippen LogP contribution in [0, 0.1) is 11.8 Å². The molecule has 1 fully saturated rings. The Kier molecular flexibility index (Phi) is 5.81. The average Bonchev–Trinajstić information content (AvgIpc) is 2.28. The highest BCUT2D eigenvalue weighted by Crippen LogP contribution is 2.34. The van der Waals surface area contributed by atoms with Gasteiger partial charge in [0.2, 0.25) is 0 Å². The van der Waals surface area contributed by atoms with E-state index in [1.54, 1.807) is 6.92 Å². The number of nitrogens with two attached hydrogens (primary N) is 1. The monoisotopic (exact) mass is 271 g/mol. The summed E-state index contributed by atoms with van der Waals surface area (Å²) in [5, 5.41) is 10.3. The maximum atomic E-state index is 12.4. The van der Waals surface area contributed by atoms with Crippen molar-refractivity contribution in [1.29, 1.82) is 0 Å². The molecule has 1 saturated carbocycles. The molecule has 0 saturated heterocycles. The predicted molar refractivity (Wildman–Crippen MR) is 75.6 cm³/mol. The van der Waals surface area contributed by atoms with Gasteiger partial charge >= 0.3 is 5.97 Å². The Morgan fingerprint density at radius 3 is 2.21 bits per heavy atom. The molecule has 0 bridgehead atoms. The number of ether oxygens (including phenoxy) is 1. The molecule has 0 spiro atoms. The Labute approximate surface area is 116 Å². The van der Waals surface area contributed by atoms with Crippen LogP contribution in [-0.2, 0) is 9.53 Å². The number of aliphatic hydroxyl groups excluding tert-OH is 1. The molecule has 3 atom stereocenters. The van der Waals surface area contributed by atoms with Crippen LogP contribution in [0.25, 0.3) is 0 Å². The molecule has 19 heavy (non-hydrogen) atoms. The van der Waals surface area contributed by atoms with Crippen molar-refractivity contribution in [3.05, 3.63) is 0 Å². The van der Waals surface area contributed by atoms with Crippen molar-refractivity contribution in [2.24, 2.45) is 17.6 Å². The second-order valence-corrected chi connectivity index (χ2v) is 6.81. The zero-order chi connectivity index (χ0) is 14.6. The molecule has 4 nitrogen and oxygen atoms in total. The van der Waals surface area contributed by atoms with E-state index in [9.17, 15) is 9.90 Å². The summed E-state index contributed by atoms with van der Waals surface area (Å²) in [5.41, 5.74) is 5.26. The number of aliphatic hydroxyl groups is 1.